The van der Waals surface area contributed by atoms with Gasteiger partial charge in [-0.2, -0.15) is 17.0 Å². The van der Waals surface area contributed by atoms with Crippen LogP contribution in [-0.2, 0) is 21.5 Å². The Morgan fingerprint density at radius 3 is 2.50 bits per heavy atom. The molecule has 2 aromatic rings. The van der Waals surface area contributed by atoms with Crippen LogP contribution in [0.1, 0.15) is 11.1 Å². The summed E-state index contributed by atoms with van der Waals surface area (Å²) in [6.07, 6.45) is 0. The molecule has 0 aliphatic carbocycles. The maximum Gasteiger partial charge on any atom is 0.282 e. The minimum atomic E-state index is -3.66. The Morgan fingerprint density at radius 2 is 1.85 bits per heavy atom. The van der Waals surface area contributed by atoms with Crippen LogP contribution in [0, 0.1) is 6.92 Å². The molecule has 2 aromatic carbocycles. The van der Waals surface area contributed by atoms with Gasteiger partial charge in [-0.1, -0.05) is 42.5 Å². The summed E-state index contributed by atoms with van der Waals surface area (Å²) in [5.74, 6) is -0.237. The van der Waals surface area contributed by atoms with Crippen molar-refractivity contribution in [3.63, 3.8) is 0 Å². The van der Waals surface area contributed by atoms with E-state index in [9.17, 15) is 13.2 Å². The number of carbonyl (C=O) groups is 1. The molecule has 1 fully saturated rings. The maximum absolute atomic E-state index is 13.1. The number of rotatable bonds is 4. The van der Waals surface area contributed by atoms with E-state index in [0.29, 0.717) is 0 Å². The fourth-order valence-corrected chi connectivity index (χ4v) is 4.59. The van der Waals surface area contributed by atoms with Crippen molar-refractivity contribution >= 4 is 21.8 Å². The monoisotopic (exact) mass is 373 g/mol. The van der Waals surface area contributed by atoms with Crippen LogP contribution in [0.15, 0.2) is 54.6 Å². The van der Waals surface area contributed by atoms with Crippen LogP contribution in [0.5, 0.6) is 0 Å². The van der Waals surface area contributed by atoms with E-state index in [2.05, 4.69) is 0 Å². The Kier molecular flexibility index (Phi) is 5.13. The molecule has 6 nitrogen and oxygen atoms in total. The topological polar surface area (TPSA) is 60.9 Å². The summed E-state index contributed by atoms with van der Waals surface area (Å²) in [4.78, 5) is 14.6. The molecule has 138 valence electrons. The molecule has 1 amide bonds. The third-order valence-corrected chi connectivity index (χ3v) is 6.57. The number of nitrogens with zero attached hydrogens (tertiary/aromatic N) is 3. The van der Waals surface area contributed by atoms with Crippen LogP contribution in [0.25, 0.3) is 0 Å². The van der Waals surface area contributed by atoms with Crippen molar-refractivity contribution in [3.05, 3.63) is 65.7 Å². The van der Waals surface area contributed by atoms with Gasteiger partial charge in [-0.05, 0) is 30.2 Å². The average Bonchev–Trinajstić information content (AvgIpc) is 2.85. The maximum atomic E-state index is 13.1. The van der Waals surface area contributed by atoms with E-state index >= 15 is 0 Å². The van der Waals surface area contributed by atoms with Crippen molar-refractivity contribution in [3.8, 4) is 0 Å². The zero-order valence-electron chi connectivity index (χ0n) is 15.2. The summed E-state index contributed by atoms with van der Waals surface area (Å²) in [6, 6.07) is 16.2. The summed E-state index contributed by atoms with van der Waals surface area (Å²) in [6.45, 7) is 2.27. The van der Waals surface area contributed by atoms with Crippen LogP contribution in [0.3, 0.4) is 0 Å². The third-order valence-electron chi connectivity index (χ3n) is 4.65. The number of carbonyl (C=O) groups excluding carboxylic acids is 1. The standard InChI is InChI=1S/C19H23N3O3S/c1-15-8-7-11-17(12-15)21(3)19(23)18-14-20(2)26(24,25)22(18)13-16-9-5-4-6-10-16/h4-12,18H,13-14H2,1-3H3/t18-/m0/s1. The lowest BCUT2D eigenvalue weighted by Gasteiger charge is -2.26. The number of hydrogen-bond acceptors (Lipinski definition) is 3. The molecular weight excluding hydrogens is 350 g/mol. The SMILES string of the molecule is Cc1cccc(N(C)C(=O)[C@@H]2CN(C)S(=O)(=O)N2Cc2ccccc2)c1. The molecule has 1 heterocycles. The van der Waals surface area contributed by atoms with E-state index in [0.717, 1.165) is 16.8 Å². The number of aryl methyl sites for hydroxylation is 1. The molecule has 1 saturated heterocycles. The number of anilines is 1. The highest BCUT2D eigenvalue weighted by atomic mass is 32.2. The summed E-state index contributed by atoms with van der Waals surface area (Å²) >= 11 is 0. The van der Waals surface area contributed by atoms with E-state index in [1.165, 1.54) is 20.6 Å². The van der Waals surface area contributed by atoms with Gasteiger partial charge in [0.05, 0.1) is 0 Å². The zero-order chi connectivity index (χ0) is 18.9. The van der Waals surface area contributed by atoms with Gasteiger partial charge < -0.3 is 4.90 Å². The van der Waals surface area contributed by atoms with Crippen LogP contribution in [0.2, 0.25) is 0 Å². The molecule has 1 aliphatic heterocycles. The van der Waals surface area contributed by atoms with Crippen LogP contribution < -0.4 is 4.90 Å². The summed E-state index contributed by atoms with van der Waals surface area (Å²) in [7, 11) is -0.472. The Hall–Kier alpha value is -2.22. The molecule has 0 unspecified atom stereocenters. The van der Waals surface area contributed by atoms with E-state index in [-0.39, 0.29) is 19.0 Å². The molecular formula is C19H23N3O3S. The molecule has 0 saturated carbocycles. The van der Waals surface area contributed by atoms with Gasteiger partial charge in [0.15, 0.2) is 0 Å². The first kappa shape index (κ1) is 18.6. The fourth-order valence-electron chi connectivity index (χ4n) is 3.11. The highest BCUT2D eigenvalue weighted by Gasteiger charge is 2.46. The van der Waals surface area contributed by atoms with Crippen molar-refractivity contribution in [2.24, 2.45) is 0 Å². The van der Waals surface area contributed by atoms with Gasteiger partial charge in [0.2, 0.25) is 5.91 Å². The minimum Gasteiger partial charge on any atom is -0.314 e. The molecule has 0 N–H and O–H groups in total. The smallest absolute Gasteiger partial charge is 0.282 e. The number of benzene rings is 2. The summed E-state index contributed by atoms with van der Waals surface area (Å²) in [5.41, 5.74) is 2.64. The molecule has 0 radical (unpaired) electrons. The number of likely N-dealkylation sites (N-methyl/N-ethyl adjacent to an activating group) is 2. The predicted octanol–water partition coefficient (Wildman–Crippen LogP) is 2.02. The Morgan fingerprint density at radius 1 is 1.15 bits per heavy atom. The largest absolute Gasteiger partial charge is 0.314 e. The minimum absolute atomic E-state index is 0.143. The fraction of sp³-hybridized carbons (Fsp3) is 0.316. The Balaban J connectivity index is 1.90. The van der Waals surface area contributed by atoms with Crippen molar-refractivity contribution in [1.29, 1.82) is 0 Å². The van der Waals surface area contributed by atoms with Gasteiger partial charge in [-0.25, -0.2) is 0 Å². The Bertz CT molecular complexity index is 899. The van der Waals surface area contributed by atoms with E-state index in [1.807, 2.05) is 61.5 Å². The molecule has 1 aliphatic rings. The lowest BCUT2D eigenvalue weighted by molar-refractivity contribution is -0.121. The van der Waals surface area contributed by atoms with Crippen LogP contribution in [-0.4, -0.2) is 49.6 Å². The van der Waals surface area contributed by atoms with E-state index < -0.39 is 16.3 Å². The molecule has 1 atom stereocenters. The third kappa shape index (κ3) is 3.51. The number of hydrogen-bond donors (Lipinski definition) is 0. The second-order valence-corrected chi connectivity index (χ2v) is 8.56. The number of amides is 1. The van der Waals surface area contributed by atoms with Crippen molar-refractivity contribution in [2.45, 2.75) is 19.5 Å². The first-order chi connectivity index (χ1) is 12.3. The predicted molar refractivity (Wildman–Crippen MR) is 102 cm³/mol. The first-order valence-corrected chi connectivity index (χ1v) is 9.81. The molecule has 3 rings (SSSR count). The molecule has 7 heteroatoms. The lowest BCUT2D eigenvalue weighted by Crippen LogP contribution is -2.46. The summed E-state index contributed by atoms with van der Waals surface area (Å²) < 4.78 is 27.9. The quantitative estimate of drug-likeness (QED) is 0.824. The normalized spacial score (nSPS) is 20.2. The van der Waals surface area contributed by atoms with Gasteiger partial charge in [0.25, 0.3) is 10.2 Å². The molecule has 26 heavy (non-hydrogen) atoms. The van der Waals surface area contributed by atoms with Gasteiger partial charge in [-0.3, -0.25) is 4.79 Å². The molecule has 0 spiro atoms. The van der Waals surface area contributed by atoms with Gasteiger partial charge in [0, 0.05) is 32.9 Å². The van der Waals surface area contributed by atoms with E-state index in [1.54, 1.807) is 7.05 Å². The van der Waals surface area contributed by atoms with Crippen LogP contribution >= 0.6 is 0 Å². The average molecular weight is 373 g/mol. The molecule has 0 bridgehead atoms. The second kappa shape index (κ2) is 7.19. The highest BCUT2D eigenvalue weighted by Crippen LogP contribution is 2.26. The Labute approximate surface area is 154 Å². The lowest BCUT2D eigenvalue weighted by atomic mass is 10.1. The zero-order valence-corrected chi connectivity index (χ0v) is 16.0. The second-order valence-electron chi connectivity index (χ2n) is 6.57. The van der Waals surface area contributed by atoms with Crippen molar-refractivity contribution < 1.29 is 13.2 Å². The van der Waals surface area contributed by atoms with Crippen LogP contribution in [0.4, 0.5) is 5.69 Å². The summed E-state index contributed by atoms with van der Waals surface area (Å²) in [5, 5.41) is 0. The van der Waals surface area contributed by atoms with Gasteiger partial charge in [-0.15, -0.1) is 0 Å². The highest BCUT2D eigenvalue weighted by molar-refractivity contribution is 7.87. The van der Waals surface area contributed by atoms with Crippen molar-refractivity contribution in [1.82, 2.24) is 8.61 Å². The van der Waals surface area contributed by atoms with Gasteiger partial charge >= 0.3 is 0 Å². The van der Waals surface area contributed by atoms with E-state index in [4.69, 9.17) is 0 Å². The van der Waals surface area contributed by atoms with Gasteiger partial charge in [0.1, 0.15) is 6.04 Å². The van der Waals surface area contributed by atoms with Crippen molar-refractivity contribution in [2.75, 3.05) is 25.5 Å². The first-order valence-electron chi connectivity index (χ1n) is 8.42. The molecule has 0 aromatic heterocycles.